The molecule has 0 spiro atoms. The number of hydrogen-bond donors (Lipinski definition) is 1. The lowest BCUT2D eigenvalue weighted by Gasteiger charge is -1.64. The third-order valence-electron chi connectivity index (χ3n) is 1.07. The van der Waals surface area contributed by atoms with E-state index in [1.807, 2.05) is 10.8 Å². The minimum Gasteiger partial charge on any atom is -0.344 e. The predicted octanol–water partition coefficient (Wildman–Crippen LogP) is 2.05. The Balaban J connectivity index is 0.000000405. The van der Waals surface area contributed by atoms with E-state index in [0.29, 0.717) is 0 Å². The number of imidazole rings is 1. The summed E-state index contributed by atoms with van der Waals surface area (Å²) in [7, 11) is 0. The quantitative estimate of drug-likeness (QED) is 0.628. The van der Waals surface area contributed by atoms with Crippen molar-refractivity contribution < 1.29 is 0 Å². The molecule has 0 saturated heterocycles. The molecule has 48 valence electrons. The fraction of sp³-hybridized carbons (Fsp3) is 0. The Labute approximate surface area is 62.3 Å². The number of fused-ring (bicyclic) bond motifs is 1. The number of nitrogens with zero attached hydrogens (tertiary/aromatic N) is 1. The molecule has 0 amide bonds. The van der Waals surface area contributed by atoms with Gasteiger partial charge in [-0.25, -0.2) is 4.98 Å². The Kier molecular flexibility index (Phi) is 1.73. The molecule has 0 atom stereocenters. The van der Waals surface area contributed by atoms with Crippen LogP contribution < -0.4 is 0 Å². The van der Waals surface area contributed by atoms with Gasteiger partial charge in [-0.2, -0.15) is 0 Å². The van der Waals surface area contributed by atoms with E-state index in [1.54, 1.807) is 17.7 Å². The van der Waals surface area contributed by atoms with Gasteiger partial charge in [-0.05, 0) is 0 Å². The van der Waals surface area contributed by atoms with E-state index in [-0.39, 0.29) is 12.4 Å². The Morgan fingerprint density at radius 2 is 2.33 bits per heavy atom. The number of hydrogen-bond acceptors (Lipinski definition) is 2. The van der Waals surface area contributed by atoms with Crippen molar-refractivity contribution in [3.8, 4) is 0 Å². The lowest BCUT2D eigenvalue weighted by Crippen LogP contribution is -1.49. The molecular formula is C5H5ClN2S. The van der Waals surface area contributed by atoms with Crippen LogP contribution in [-0.4, -0.2) is 9.97 Å². The summed E-state index contributed by atoms with van der Waals surface area (Å²) in [4.78, 5) is 7.03. The summed E-state index contributed by atoms with van der Waals surface area (Å²) in [5.41, 5.74) is 2.20. The maximum Gasteiger partial charge on any atom is 0.0989 e. The largest absolute Gasteiger partial charge is 0.344 e. The fourth-order valence-electron chi connectivity index (χ4n) is 0.670. The fourth-order valence-corrected chi connectivity index (χ4v) is 1.38. The van der Waals surface area contributed by atoms with Crippen LogP contribution in [0.4, 0.5) is 0 Å². The molecule has 0 saturated carbocycles. The van der Waals surface area contributed by atoms with Crippen molar-refractivity contribution in [2.45, 2.75) is 0 Å². The monoisotopic (exact) mass is 160 g/mol. The minimum absolute atomic E-state index is 0. The van der Waals surface area contributed by atoms with Gasteiger partial charge in [-0.1, -0.05) is 0 Å². The van der Waals surface area contributed by atoms with Crippen molar-refractivity contribution >= 4 is 34.8 Å². The van der Waals surface area contributed by atoms with Crippen LogP contribution in [0.1, 0.15) is 0 Å². The summed E-state index contributed by atoms with van der Waals surface area (Å²) in [5.74, 6) is 0. The summed E-state index contributed by atoms with van der Waals surface area (Å²) >= 11 is 1.67. The zero-order valence-corrected chi connectivity index (χ0v) is 6.13. The molecule has 0 aromatic carbocycles. The van der Waals surface area contributed by atoms with Gasteiger partial charge < -0.3 is 4.98 Å². The normalized spacial score (nSPS) is 9.33. The molecule has 0 aliphatic carbocycles. The number of thiophene rings is 1. The van der Waals surface area contributed by atoms with Crippen LogP contribution in [-0.2, 0) is 0 Å². The van der Waals surface area contributed by atoms with E-state index >= 15 is 0 Å². The van der Waals surface area contributed by atoms with E-state index in [2.05, 4.69) is 9.97 Å². The summed E-state index contributed by atoms with van der Waals surface area (Å²) in [6.07, 6.45) is 1.71. The average molecular weight is 161 g/mol. The van der Waals surface area contributed by atoms with E-state index in [4.69, 9.17) is 0 Å². The van der Waals surface area contributed by atoms with Crippen LogP contribution in [0.3, 0.4) is 0 Å². The first-order valence-electron chi connectivity index (χ1n) is 2.32. The molecule has 0 aliphatic rings. The molecule has 0 unspecified atom stereocenters. The maximum atomic E-state index is 4.03. The molecule has 0 aliphatic heterocycles. The molecule has 2 rings (SSSR count). The summed E-state index contributed by atoms with van der Waals surface area (Å²) in [6.45, 7) is 0. The maximum absolute atomic E-state index is 4.03. The molecule has 1 N–H and O–H groups in total. The van der Waals surface area contributed by atoms with E-state index in [1.165, 1.54) is 0 Å². The number of rotatable bonds is 0. The highest BCUT2D eigenvalue weighted by Gasteiger charge is 1.91. The zero-order valence-electron chi connectivity index (χ0n) is 4.50. The number of aromatic nitrogens is 2. The van der Waals surface area contributed by atoms with Gasteiger partial charge in [-0.3, -0.25) is 0 Å². The third-order valence-corrected chi connectivity index (χ3v) is 1.80. The molecule has 0 radical (unpaired) electrons. The highest BCUT2D eigenvalue weighted by molar-refractivity contribution is 7.09. The summed E-state index contributed by atoms with van der Waals surface area (Å²) in [5, 5.41) is 4.06. The van der Waals surface area contributed by atoms with E-state index in [0.717, 1.165) is 11.0 Å². The number of H-pyrrole nitrogens is 1. The Hall–Kier alpha value is -0.540. The molecule has 9 heavy (non-hydrogen) atoms. The molecule has 2 aromatic rings. The van der Waals surface area contributed by atoms with Crippen molar-refractivity contribution in [2.75, 3.05) is 0 Å². The van der Waals surface area contributed by atoms with Crippen molar-refractivity contribution in [1.82, 2.24) is 9.97 Å². The van der Waals surface area contributed by atoms with Crippen LogP contribution in [0.5, 0.6) is 0 Å². The highest BCUT2D eigenvalue weighted by Crippen LogP contribution is 2.12. The van der Waals surface area contributed by atoms with Crippen molar-refractivity contribution in [3.05, 3.63) is 17.1 Å². The summed E-state index contributed by atoms with van der Waals surface area (Å²) < 4.78 is 0. The SMILES string of the molecule is Cl.c1nc2cscc2[nH]1. The lowest BCUT2D eigenvalue weighted by atomic mass is 10.5. The van der Waals surface area contributed by atoms with E-state index < -0.39 is 0 Å². The molecule has 2 heterocycles. The second-order valence-electron chi connectivity index (χ2n) is 1.57. The van der Waals surface area contributed by atoms with Gasteiger partial charge in [0.15, 0.2) is 0 Å². The van der Waals surface area contributed by atoms with Gasteiger partial charge >= 0.3 is 0 Å². The van der Waals surface area contributed by atoms with Gasteiger partial charge in [0.2, 0.25) is 0 Å². The average Bonchev–Trinajstić information content (AvgIpc) is 2.15. The first-order valence-corrected chi connectivity index (χ1v) is 3.26. The first-order chi connectivity index (χ1) is 3.97. The molecule has 4 heteroatoms. The summed E-state index contributed by atoms with van der Waals surface area (Å²) in [6, 6.07) is 0. The molecule has 2 nitrogen and oxygen atoms in total. The van der Waals surface area contributed by atoms with Crippen LogP contribution in [0.2, 0.25) is 0 Å². The van der Waals surface area contributed by atoms with Crippen LogP contribution in [0, 0.1) is 0 Å². The number of halogens is 1. The topological polar surface area (TPSA) is 28.7 Å². The number of aromatic amines is 1. The van der Waals surface area contributed by atoms with Crippen molar-refractivity contribution in [3.63, 3.8) is 0 Å². The number of nitrogens with one attached hydrogen (secondary N) is 1. The van der Waals surface area contributed by atoms with Crippen LogP contribution in [0.15, 0.2) is 17.1 Å². The van der Waals surface area contributed by atoms with Crippen LogP contribution >= 0.6 is 23.7 Å². The predicted molar refractivity (Wildman–Crippen MR) is 41.2 cm³/mol. The lowest BCUT2D eigenvalue weighted by molar-refractivity contribution is 1.34. The smallest absolute Gasteiger partial charge is 0.0989 e. The molecular weight excluding hydrogens is 156 g/mol. The van der Waals surface area contributed by atoms with Crippen LogP contribution in [0.25, 0.3) is 11.0 Å². The van der Waals surface area contributed by atoms with Crippen molar-refractivity contribution in [1.29, 1.82) is 0 Å². The highest BCUT2D eigenvalue weighted by atomic mass is 35.5. The standard InChI is InChI=1S/C5H4N2S.ClH/c1-4-5(2-8-1)7-3-6-4;/h1-3H,(H,6,7);1H. The molecule has 0 bridgehead atoms. The second kappa shape index (κ2) is 2.37. The first kappa shape index (κ1) is 6.58. The Morgan fingerprint density at radius 3 is 3.11 bits per heavy atom. The minimum atomic E-state index is 0. The van der Waals surface area contributed by atoms with Gasteiger partial charge in [0.05, 0.1) is 17.4 Å². The Morgan fingerprint density at radius 1 is 1.44 bits per heavy atom. The zero-order chi connectivity index (χ0) is 5.40. The molecule has 2 aromatic heterocycles. The second-order valence-corrected chi connectivity index (χ2v) is 2.32. The Bertz CT molecular complexity index is 236. The van der Waals surface area contributed by atoms with E-state index in [9.17, 15) is 0 Å². The van der Waals surface area contributed by atoms with Gasteiger partial charge in [0, 0.05) is 10.8 Å². The third kappa shape index (κ3) is 0.930. The van der Waals surface area contributed by atoms with Gasteiger partial charge in [-0.15, -0.1) is 23.7 Å². The van der Waals surface area contributed by atoms with Gasteiger partial charge in [0.1, 0.15) is 0 Å². The van der Waals surface area contributed by atoms with Gasteiger partial charge in [0.25, 0.3) is 0 Å². The van der Waals surface area contributed by atoms with Crippen molar-refractivity contribution in [2.24, 2.45) is 0 Å². The molecule has 0 fully saturated rings.